The second-order valence-electron chi connectivity index (χ2n) is 4.31. The largest absolute Gasteiger partial charge is 0.462 e. The summed E-state index contributed by atoms with van der Waals surface area (Å²) in [6.45, 7) is 3.91. The van der Waals surface area contributed by atoms with Crippen LogP contribution in [-0.4, -0.2) is 22.5 Å². The summed E-state index contributed by atoms with van der Waals surface area (Å²) >= 11 is 3.44. The first-order valence-corrected chi connectivity index (χ1v) is 7.13. The highest BCUT2D eigenvalue weighted by Gasteiger charge is 2.12. The Bertz CT molecular complexity index is 629. The lowest BCUT2D eigenvalue weighted by Gasteiger charge is -2.06. The highest BCUT2D eigenvalue weighted by atomic mass is 79.9. The van der Waals surface area contributed by atoms with Gasteiger partial charge in [0.2, 0.25) is 0 Å². The van der Waals surface area contributed by atoms with E-state index in [9.17, 15) is 4.79 Å². The molecule has 2 rings (SSSR count). The maximum absolute atomic E-state index is 11.7. The zero-order valence-corrected chi connectivity index (χ0v) is 13.0. The van der Waals surface area contributed by atoms with Crippen molar-refractivity contribution in [2.24, 2.45) is 0 Å². The van der Waals surface area contributed by atoms with E-state index in [1.165, 1.54) is 6.20 Å². The molecular weight excluding hydrogens is 320 g/mol. The Morgan fingerprint density at radius 3 is 2.85 bits per heavy atom. The van der Waals surface area contributed by atoms with Crippen molar-refractivity contribution in [3.63, 3.8) is 0 Å². The number of carbonyl (C=O) groups is 1. The van der Waals surface area contributed by atoms with Gasteiger partial charge in [-0.25, -0.2) is 14.8 Å². The van der Waals surface area contributed by atoms with Crippen LogP contribution in [0.25, 0.3) is 0 Å². The van der Waals surface area contributed by atoms with Crippen LogP contribution in [0.5, 0.6) is 0 Å². The van der Waals surface area contributed by atoms with Gasteiger partial charge >= 0.3 is 5.97 Å². The van der Waals surface area contributed by atoms with Crippen molar-refractivity contribution in [2.75, 3.05) is 6.61 Å². The van der Waals surface area contributed by atoms with Gasteiger partial charge in [0.15, 0.2) is 0 Å². The third-order valence-electron chi connectivity index (χ3n) is 2.78. The fourth-order valence-corrected chi connectivity index (χ4v) is 2.29. The molecule has 0 unspecified atom stereocenters. The summed E-state index contributed by atoms with van der Waals surface area (Å²) in [6, 6.07) is 7.99. The van der Waals surface area contributed by atoms with Crippen LogP contribution in [0.1, 0.15) is 34.4 Å². The quantitative estimate of drug-likeness (QED) is 0.805. The van der Waals surface area contributed by atoms with E-state index >= 15 is 0 Å². The minimum absolute atomic E-state index is 0.345. The lowest BCUT2D eigenvalue weighted by atomic mass is 10.1. The van der Waals surface area contributed by atoms with E-state index in [0.29, 0.717) is 30.1 Å². The third-order valence-corrected chi connectivity index (χ3v) is 3.27. The molecule has 0 aliphatic carbocycles. The number of ether oxygens (including phenoxy) is 1. The van der Waals surface area contributed by atoms with Gasteiger partial charge in [-0.3, -0.25) is 0 Å². The van der Waals surface area contributed by atoms with Gasteiger partial charge < -0.3 is 4.74 Å². The smallest absolute Gasteiger partial charge is 0.341 e. The summed E-state index contributed by atoms with van der Waals surface area (Å²) < 4.78 is 5.98. The van der Waals surface area contributed by atoms with Gasteiger partial charge in [0, 0.05) is 17.1 Å². The van der Waals surface area contributed by atoms with Crippen molar-refractivity contribution in [3.05, 3.63) is 57.6 Å². The number of carbonyl (C=O) groups excluding carboxylic acids is 1. The van der Waals surface area contributed by atoms with Gasteiger partial charge in [0.05, 0.1) is 17.9 Å². The number of hydrogen-bond donors (Lipinski definition) is 0. The molecule has 2 aromatic rings. The molecule has 0 saturated heterocycles. The molecule has 0 radical (unpaired) electrons. The average Bonchev–Trinajstić information content (AvgIpc) is 2.39. The van der Waals surface area contributed by atoms with Gasteiger partial charge in [0.25, 0.3) is 0 Å². The van der Waals surface area contributed by atoms with Crippen molar-refractivity contribution in [1.82, 2.24) is 9.97 Å². The Labute approximate surface area is 126 Å². The van der Waals surface area contributed by atoms with E-state index in [-0.39, 0.29) is 5.97 Å². The monoisotopic (exact) mass is 334 g/mol. The van der Waals surface area contributed by atoms with Crippen molar-refractivity contribution >= 4 is 21.9 Å². The molecule has 0 aliphatic heterocycles. The molecular formula is C15H15BrN2O2. The summed E-state index contributed by atoms with van der Waals surface area (Å²) in [5.74, 6) is 0.313. The normalized spacial score (nSPS) is 10.3. The SMILES string of the molecule is CCOC(=O)c1cnc(Cc2cccc(Br)c2)nc1C. The predicted octanol–water partition coefficient (Wildman–Crippen LogP) is 3.32. The fraction of sp³-hybridized carbons (Fsp3) is 0.267. The first-order valence-electron chi connectivity index (χ1n) is 6.34. The van der Waals surface area contributed by atoms with Gasteiger partial charge in [-0.1, -0.05) is 28.1 Å². The van der Waals surface area contributed by atoms with Crippen LogP contribution in [0.3, 0.4) is 0 Å². The number of esters is 1. The average molecular weight is 335 g/mol. The molecule has 0 aliphatic rings. The van der Waals surface area contributed by atoms with E-state index in [1.54, 1.807) is 13.8 Å². The molecule has 0 bridgehead atoms. The number of hydrogen-bond acceptors (Lipinski definition) is 4. The van der Waals surface area contributed by atoms with Crippen LogP contribution in [-0.2, 0) is 11.2 Å². The minimum Gasteiger partial charge on any atom is -0.462 e. The molecule has 4 nitrogen and oxygen atoms in total. The van der Waals surface area contributed by atoms with Crippen molar-refractivity contribution in [2.45, 2.75) is 20.3 Å². The van der Waals surface area contributed by atoms with Crippen LogP contribution in [0, 0.1) is 6.92 Å². The molecule has 0 spiro atoms. The van der Waals surface area contributed by atoms with E-state index in [4.69, 9.17) is 4.74 Å². The summed E-state index contributed by atoms with van der Waals surface area (Å²) in [7, 11) is 0. The van der Waals surface area contributed by atoms with Crippen molar-refractivity contribution in [1.29, 1.82) is 0 Å². The number of halogens is 1. The zero-order chi connectivity index (χ0) is 14.5. The zero-order valence-electron chi connectivity index (χ0n) is 11.4. The van der Waals surface area contributed by atoms with Gasteiger partial charge in [0.1, 0.15) is 5.82 Å². The molecule has 1 aromatic heterocycles. The van der Waals surface area contributed by atoms with Gasteiger partial charge in [-0.2, -0.15) is 0 Å². The lowest BCUT2D eigenvalue weighted by molar-refractivity contribution is 0.0524. The number of aromatic nitrogens is 2. The van der Waals surface area contributed by atoms with Crippen LogP contribution >= 0.6 is 15.9 Å². The van der Waals surface area contributed by atoms with E-state index in [2.05, 4.69) is 25.9 Å². The second-order valence-corrected chi connectivity index (χ2v) is 5.23. The number of rotatable bonds is 4. The van der Waals surface area contributed by atoms with Crippen LogP contribution < -0.4 is 0 Å². The molecule has 0 atom stereocenters. The Morgan fingerprint density at radius 1 is 1.40 bits per heavy atom. The molecule has 1 aromatic carbocycles. The molecule has 0 amide bonds. The second kappa shape index (κ2) is 6.61. The number of aryl methyl sites for hydroxylation is 1. The van der Waals surface area contributed by atoms with Crippen LogP contribution in [0.4, 0.5) is 0 Å². The highest BCUT2D eigenvalue weighted by Crippen LogP contribution is 2.14. The first-order chi connectivity index (χ1) is 9.60. The van der Waals surface area contributed by atoms with E-state index in [1.807, 2.05) is 24.3 Å². The summed E-state index contributed by atoms with van der Waals surface area (Å²) in [6.07, 6.45) is 2.16. The summed E-state index contributed by atoms with van der Waals surface area (Å²) in [5, 5.41) is 0. The van der Waals surface area contributed by atoms with Gasteiger partial charge in [-0.15, -0.1) is 0 Å². The number of benzene rings is 1. The molecule has 1 heterocycles. The maximum Gasteiger partial charge on any atom is 0.341 e. The minimum atomic E-state index is -0.376. The predicted molar refractivity (Wildman–Crippen MR) is 79.7 cm³/mol. The van der Waals surface area contributed by atoms with Gasteiger partial charge in [-0.05, 0) is 31.5 Å². The van der Waals surface area contributed by atoms with Crippen LogP contribution in [0.2, 0.25) is 0 Å². The summed E-state index contributed by atoms with van der Waals surface area (Å²) in [4.78, 5) is 20.3. The lowest BCUT2D eigenvalue weighted by Crippen LogP contribution is -2.10. The maximum atomic E-state index is 11.7. The Kier molecular flexibility index (Phi) is 4.84. The molecule has 0 N–H and O–H groups in total. The Hall–Kier alpha value is -1.75. The first kappa shape index (κ1) is 14.7. The molecule has 104 valence electrons. The van der Waals surface area contributed by atoms with Crippen molar-refractivity contribution in [3.8, 4) is 0 Å². The Balaban J connectivity index is 2.19. The molecule has 20 heavy (non-hydrogen) atoms. The molecule has 5 heteroatoms. The third kappa shape index (κ3) is 3.63. The molecule has 0 saturated carbocycles. The topological polar surface area (TPSA) is 52.1 Å². The Morgan fingerprint density at radius 2 is 2.20 bits per heavy atom. The fourth-order valence-electron chi connectivity index (χ4n) is 1.84. The number of nitrogens with zero attached hydrogens (tertiary/aromatic N) is 2. The van der Waals surface area contributed by atoms with Crippen molar-refractivity contribution < 1.29 is 9.53 Å². The molecule has 0 fully saturated rings. The summed E-state index contributed by atoms with van der Waals surface area (Å²) in [5.41, 5.74) is 2.18. The van der Waals surface area contributed by atoms with E-state index < -0.39 is 0 Å². The van der Waals surface area contributed by atoms with Crippen LogP contribution in [0.15, 0.2) is 34.9 Å². The highest BCUT2D eigenvalue weighted by molar-refractivity contribution is 9.10. The van der Waals surface area contributed by atoms with E-state index in [0.717, 1.165) is 10.0 Å². The standard InChI is InChI=1S/C15H15BrN2O2/c1-3-20-15(19)13-9-17-14(18-10(13)2)8-11-5-4-6-12(16)7-11/h4-7,9H,3,8H2,1-2H3.